The monoisotopic (exact) mass is 221 g/mol. The molecule has 1 aromatic heterocycles. The van der Waals surface area contributed by atoms with Gasteiger partial charge in [0.25, 0.3) is 0 Å². The van der Waals surface area contributed by atoms with Gasteiger partial charge in [-0.2, -0.15) is 5.10 Å². The van der Waals surface area contributed by atoms with Crippen molar-refractivity contribution < 1.29 is 0 Å². The third kappa shape index (κ3) is 3.34. The lowest BCUT2D eigenvalue weighted by Crippen LogP contribution is -2.31. The molecule has 1 fully saturated rings. The molecule has 16 heavy (non-hydrogen) atoms. The summed E-state index contributed by atoms with van der Waals surface area (Å²) in [5, 5.41) is 7.86. The minimum Gasteiger partial charge on any atom is -0.314 e. The van der Waals surface area contributed by atoms with Gasteiger partial charge in [0, 0.05) is 19.3 Å². The molecule has 0 aromatic carbocycles. The molecule has 1 aliphatic rings. The van der Waals surface area contributed by atoms with Gasteiger partial charge in [-0.25, -0.2) is 0 Å². The molecule has 3 nitrogen and oxygen atoms in total. The number of aromatic nitrogens is 2. The van der Waals surface area contributed by atoms with Crippen LogP contribution in [0.3, 0.4) is 0 Å². The summed E-state index contributed by atoms with van der Waals surface area (Å²) in [5.74, 6) is 0.975. The van der Waals surface area contributed by atoms with Gasteiger partial charge in [-0.05, 0) is 50.1 Å². The minimum absolute atomic E-state index is 0.772. The topological polar surface area (TPSA) is 29.9 Å². The van der Waals surface area contributed by atoms with E-state index in [9.17, 15) is 0 Å². The van der Waals surface area contributed by atoms with Crippen molar-refractivity contribution in [3.8, 4) is 0 Å². The molecule has 1 N–H and O–H groups in total. The Hall–Kier alpha value is -0.830. The van der Waals surface area contributed by atoms with Crippen LogP contribution >= 0.6 is 0 Å². The highest BCUT2D eigenvalue weighted by molar-refractivity contribution is 5.03. The maximum absolute atomic E-state index is 4.18. The molecule has 1 aromatic rings. The van der Waals surface area contributed by atoms with Crippen molar-refractivity contribution in [2.75, 3.05) is 6.54 Å². The minimum atomic E-state index is 0.772. The molecule has 0 amide bonds. The first-order valence-corrected chi connectivity index (χ1v) is 6.50. The molecular formula is C13H23N3. The van der Waals surface area contributed by atoms with E-state index in [-0.39, 0.29) is 0 Å². The summed E-state index contributed by atoms with van der Waals surface area (Å²) in [7, 11) is 1.97. The van der Waals surface area contributed by atoms with Gasteiger partial charge in [-0.3, -0.25) is 4.68 Å². The Kier molecular flexibility index (Phi) is 3.99. The predicted molar refractivity (Wildman–Crippen MR) is 66.3 cm³/mol. The molecule has 0 aliphatic heterocycles. The normalized spacial score (nSPS) is 17.6. The molecule has 1 atom stereocenters. The van der Waals surface area contributed by atoms with E-state index in [4.69, 9.17) is 0 Å². The van der Waals surface area contributed by atoms with Crippen LogP contribution in [0.25, 0.3) is 0 Å². The van der Waals surface area contributed by atoms with Crippen molar-refractivity contribution in [1.29, 1.82) is 0 Å². The van der Waals surface area contributed by atoms with Crippen LogP contribution in [0.2, 0.25) is 0 Å². The fourth-order valence-corrected chi connectivity index (χ4v) is 2.32. The summed E-state index contributed by atoms with van der Waals surface area (Å²) in [6, 6.07) is 0.772. The molecule has 0 bridgehead atoms. The summed E-state index contributed by atoms with van der Waals surface area (Å²) in [4.78, 5) is 0. The Morgan fingerprint density at radius 2 is 2.38 bits per heavy atom. The molecule has 0 spiro atoms. The standard InChI is InChI=1S/C13H23N3/c1-3-13(12-6-7-12)14-8-4-5-11-9-15-16(2)10-11/h9-10,12-14H,3-8H2,1-2H3. The van der Waals surface area contributed by atoms with Crippen molar-refractivity contribution in [3.63, 3.8) is 0 Å². The maximum atomic E-state index is 4.18. The van der Waals surface area contributed by atoms with E-state index in [2.05, 4.69) is 23.5 Å². The first-order valence-electron chi connectivity index (χ1n) is 6.50. The molecule has 1 unspecified atom stereocenters. The van der Waals surface area contributed by atoms with E-state index in [1.54, 1.807) is 0 Å². The zero-order chi connectivity index (χ0) is 11.4. The Bertz CT molecular complexity index is 315. The Morgan fingerprint density at radius 3 is 2.94 bits per heavy atom. The number of nitrogens with zero attached hydrogens (tertiary/aromatic N) is 2. The van der Waals surface area contributed by atoms with E-state index >= 15 is 0 Å². The largest absolute Gasteiger partial charge is 0.314 e. The van der Waals surface area contributed by atoms with Crippen LogP contribution in [0.1, 0.15) is 38.2 Å². The van der Waals surface area contributed by atoms with Gasteiger partial charge in [0.2, 0.25) is 0 Å². The van der Waals surface area contributed by atoms with Crippen LogP contribution in [-0.4, -0.2) is 22.4 Å². The molecule has 2 rings (SSSR count). The van der Waals surface area contributed by atoms with Crippen LogP contribution in [0.4, 0.5) is 0 Å². The third-order valence-corrected chi connectivity index (χ3v) is 3.44. The van der Waals surface area contributed by atoms with E-state index in [0.717, 1.165) is 24.9 Å². The van der Waals surface area contributed by atoms with E-state index in [1.807, 2.05) is 17.9 Å². The lowest BCUT2D eigenvalue weighted by atomic mass is 10.1. The van der Waals surface area contributed by atoms with Crippen molar-refractivity contribution in [2.24, 2.45) is 13.0 Å². The van der Waals surface area contributed by atoms with Gasteiger partial charge >= 0.3 is 0 Å². The number of aryl methyl sites for hydroxylation is 2. The van der Waals surface area contributed by atoms with Gasteiger partial charge in [0.15, 0.2) is 0 Å². The molecule has 0 radical (unpaired) electrons. The molecule has 1 saturated carbocycles. The second-order valence-corrected chi connectivity index (χ2v) is 4.93. The lowest BCUT2D eigenvalue weighted by Gasteiger charge is -2.15. The maximum Gasteiger partial charge on any atom is 0.0521 e. The highest BCUT2D eigenvalue weighted by atomic mass is 15.2. The van der Waals surface area contributed by atoms with E-state index < -0.39 is 0 Å². The summed E-state index contributed by atoms with van der Waals surface area (Å²) >= 11 is 0. The van der Waals surface area contributed by atoms with Crippen molar-refractivity contribution in [2.45, 2.75) is 45.1 Å². The highest BCUT2D eigenvalue weighted by Gasteiger charge is 2.29. The Morgan fingerprint density at radius 1 is 1.56 bits per heavy atom. The van der Waals surface area contributed by atoms with Crippen LogP contribution in [0.15, 0.2) is 12.4 Å². The summed E-state index contributed by atoms with van der Waals surface area (Å²) in [6.45, 7) is 3.43. The molecular weight excluding hydrogens is 198 g/mol. The molecule has 0 saturated heterocycles. The SMILES string of the molecule is CCC(NCCCc1cnn(C)c1)C1CC1. The summed E-state index contributed by atoms with van der Waals surface area (Å²) in [5.41, 5.74) is 1.35. The molecule has 1 heterocycles. The number of rotatable bonds is 7. The average Bonchev–Trinajstić information content (AvgIpc) is 3.03. The second kappa shape index (κ2) is 5.48. The second-order valence-electron chi connectivity index (χ2n) is 4.93. The number of hydrogen-bond donors (Lipinski definition) is 1. The van der Waals surface area contributed by atoms with Gasteiger partial charge in [0.1, 0.15) is 0 Å². The first-order chi connectivity index (χ1) is 7.79. The Balaban J connectivity index is 1.60. The Labute approximate surface area is 98.2 Å². The van der Waals surface area contributed by atoms with Crippen LogP contribution < -0.4 is 5.32 Å². The fraction of sp³-hybridized carbons (Fsp3) is 0.769. The predicted octanol–water partition coefficient (Wildman–Crippen LogP) is 2.13. The summed E-state index contributed by atoms with van der Waals surface area (Å²) < 4.78 is 1.88. The average molecular weight is 221 g/mol. The first kappa shape index (κ1) is 11.6. The van der Waals surface area contributed by atoms with Crippen molar-refractivity contribution in [1.82, 2.24) is 15.1 Å². The molecule has 3 heteroatoms. The van der Waals surface area contributed by atoms with Crippen molar-refractivity contribution >= 4 is 0 Å². The van der Waals surface area contributed by atoms with Gasteiger partial charge in [0.05, 0.1) is 6.20 Å². The van der Waals surface area contributed by atoms with Crippen LogP contribution in [0.5, 0.6) is 0 Å². The number of hydrogen-bond acceptors (Lipinski definition) is 2. The van der Waals surface area contributed by atoms with Gasteiger partial charge < -0.3 is 5.32 Å². The quantitative estimate of drug-likeness (QED) is 0.715. The molecule has 1 aliphatic carbocycles. The van der Waals surface area contributed by atoms with E-state index in [0.29, 0.717) is 0 Å². The van der Waals surface area contributed by atoms with Crippen LogP contribution in [0, 0.1) is 5.92 Å². The van der Waals surface area contributed by atoms with Crippen molar-refractivity contribution in [3.05, 3.63) is 18.0 Å². The third-order valence-electron chi connectivity index (χ3n) is 3.44. The fourth-order valence-electron chi connectivity index (χ4n) is 2.32. The molecule has 90 valence electrons. The summed E-state index contributed by atoms with van der Waals surface area (Å²) in [6.07, 6.45) is 10.6. The zero-order valence-electron chi connectivity index (χ0n) is 10.4. The lowest BCUT2D eigenvalue weighted by molar-refractivity contribution is 0.446. The van der Waals surface area contributed by atoms with Gasteiger partial charge in [-0.15, -0.1) is 0 Å². The smallest absolute Gasteiger partial charge is 0.0521 e. The zero-order valence-corrected chi connectivity index (χ0v) is 10.4. The highest BCUT2D eigenvalue weighted by Crippen LogP contribution is 2.33. The van der Waals surface area contributed by atoms with E-state index in [1.165, 1.54) is 31.2 Å². The number of nitrogens with one attached hydrogen (secondary N) is 1. The van der Waals surface area contributed by atoms with Gasteiger partial charge in [-0.1, -0.05) is 6.92 Å². The van der Waals surface area contributed by atoms with Crippen LogP contribution in [-0.2, 0) is 13.5 Å².